The first kappa shape index (κ1) is 32.0. The molecule has 0 aliphatic heterocycles. The quantitative estimate of drug-likeness (QED) is 0.124. The van der Waals surface area contributed by atoms with E-state index in [9.17, 15) is 19.5 Å². The van der Waals surface area contributed by atoms with E-state index in [1.165, 1.54) is 6.08 Å². The van der Waals surface area contributed by atoms with Gasteiger partial charge in [-0.15, -0.1) is 13.2 Å². The van der Waals surface area contributed by atoms with Crippen LogP contribution in [0.15, 0.2) is 116 Å². The molecule has 3 aromatic carbocycles. The van der Waals surface area contributed by atoms with Crippen molar-refractivity contribution in [2.45, 2.75) is 44.4 Å². The Morgan fingerprint density at radius 1 is 0.786 bits per heavy atom. The van der Waals surface area contributed by atoms with E-state index in [0.29, 0.717) is 18.4 Å². The number of nitrogens with one attached hydrogen (secondary N) is 2. The number of carbonyl (C=O) groups is 3. The Morgan fingerprint density at radius 3 is 1.86 bits per heavy atom. The summed E-state index contributed by atoms with van der Waals surface area (Å²) in [5, 5.41) is 15.6. The molecule has 0 aromatic heterocycles. The Kier molecular flexibility index (Phi) is 12.7. The summed E-state index contributed by atoms with van der Waals surface area (Å²) in [5.74, 6) is -3.02. The first-order valence-corrected chi connectivity index (χ1v) is 14.2. The highest BCUT2D eigenvalue weighted by atomic mass is 16.5. The lowest BCUT2D eigenvalue weighted by molar-refractivity contribution is -0.157. The van der Waals surface area contributed by atoms with Crippen LogP contribution in [0.1, 0.15) is 48.6 Å². The SMILES string of the molecule is C=CCC(C(=O)N[C@@H](CO)c1ccccc1)C(=O)N[C@H](C)[C@@H](OC(=O)[C@H](CC=C)Cc1ccccc1)c1ccccc1. The third kappa shape index (κ3) is 9.28. The molecule has 0 spiro atoms. The van der Waals surface area contributed by atoms with E-state index in [1.807, 2.05) is 78.9 Å². The first-order chi connectivity index (χ1) is 20.4. The number of rotatable bonds is 16. The summed E-state index contributed by atoms with van der Waals surface area (Å²) in [7, 11) is 0. The van der Waals surface area contributed by atoms with Crippen molar-refractivity contribution >= 4 is 17.8 Å². The zero-order chi connectivity index (χ0) is 30.3. The van der Waals surface area contributed by atoms with Crippen LogP contribution in [-0.2, 0) is 25.5 Å². The molecule has 7 nitrogen and oxygen atoms in total. The largest absolute Gasteiger partial charge is 0.455 e. The number of hydrogen-bond donors (Lipinski definition) is 3. The zero-order valence-electron chi connectivity index (χ0n) is 24.0. The van der Waals surface area contributed by atoms with Crippen LogP contribution in [0.25, 0.3) is 0 Å². The lowest BCUT2D eigenvalue weighted by atomic mass is 9.95. The molecule has 2 amide bonds. The van der Waals surface area contributed by atoms with Crippen molar-refractivity contribution in [2.75, 3.05) is 6.61 Å². The van der Waals surface area contributed by atoms with Gasteiger partial charge in [0.1, 0.15) is 12.0 Å². The molecule has 0 radical (unpaired) electrons. The third-order valence-electron chi connectivity index (χ3n) is 7.04. The van der Waals surface area contributed by atoms with Crippen LogP contribution in [0.3, 0.4) is 0 Å². The van der Waals surface area contributed by atoms with E-state index in [1.54, 1.807) is 25.1 Å². The van der Waals surface area contributed by atoms with Gasteiger partial charge in [-0.2, -0.15) is 0 Å². The summed E-state index contributed by atoms with van der Waals surface area (Å²) in [4.78, 5) is 40.1. The van der Waals surface area contributed by atoms with Crippen molar-refractivity contribution in [2.24, 2.45) is 11.8 Å². The maximum atomic E-state index is 13.5. The Balaban J connectivity index is 1.77. The highest BCUT2D eigenvalue weighted by Crippen LogP contribution is 2.26. The Morgan fingerprint density at radius 2 is 1.31 bits per heavy atom. The topological polar surface area (TPSA) is 105 Å². The second kappa shape index (κ2) is 16.7. The molecule has 42 heavy (non-hydrogen) atoms. The molecule has 3 aromatic rings. The van der Waals surface area contributed by atoms with Gasteiger partial charge < -0.3 is 20.5 Å². The number of benzene rings is 3. The summed E-state index contributed by atoms with van der Waals surface area (Å²) in [6.45, 7) is 8.94. The third-order valence-corrected chi connectivity index (χ3v) is 7.04. The lowest BCUT2D eigenvalue weighted by Crippen LogP contribution is -2.47. The van der Waals surface area contributed by atoms with Crippen LogP contribution in [-0.4, -0.2) is 35.5 Å². The van der Waals surface area contributed by atoms with Gasteiger partial charge in [0.2, 0.25) is 11.8 Å². The lowest BCUT2D eigenvalue weighted by Gasteiger charge is -2.29. The van der Waals surface area contributed by atoms with E-state index >= 15 is 0 Å². The van der Waals surface area contributed by atoms with Gasteiger partial charge in [-0.25, -0.2) is 0 Å². The summed E-state index contributed by atoms with van der Waals surface area (Å²) >= 11 is 0. The molecular weight excluding hydrogens is 528 g/mol. The average Bonchev–Trinajstić information content (AvgIpc) is 3.02. The number of aliphatic hydroxyl groups excluding tert-OH is 1. The minimum atomic E-state index is -1.10. The van der Waals surface area contributed by atoms with E-state index in [2.05, 4.69) is 23.8 Å². The maximum absolute atomic E-state index is 13.5. The van der Waals surface area contributed by atoms with Crippen molar-refractivity contribution in [3.05, 3.63) is 133 Å². The fourth-order valence-electron chi connectivity index (χ4n) is 4.78. The molecule has 0 heterocycles. The summed E-state index contributed by atoms with van der Waals surface area (Å²) in [6, 6.07) is 26.6. The highest BCUT2D eigenvalue weighted by molar-refractivity contribution is 6.00. The van der Waals surface area contributed by atoms with E-state index in [0.717, 1.165) is 11.1 Å². The van der Waals surface area contributed by atoms with Gasteiger partial charge in [-0.05, 0) is 42.9 Å². The van der Waals surface area contributed by atoms with Gasteiger partial charge in [0.05, 0.1) is 24.6 Å². The molecule has 1 unspecified atom stereocenters. The first-order valence-electron chi connectivity index (χ1n) is 14.2. The van der Waals surface area contributed by atoms with Crippen molar-refractivity contribution in [3.63, 3.8) is 0 Å². The number of esters is 1. The van der Waals surface area contributed by atoms with Gasteiger partial charge in [-0.1, -0.05) is 103 Å². The highest BCUT2D eigenvalue weighted by Gasteiger charge is 2.33. The molecule has 5 atom stereocenters. The fraction of sp³-hybridized carbons (Fsp3) is 0.286. The second-order valence-corrected chi connectivity index (χ2v) is 10.2. The fourth-order valence-corrected chi connectivity index (χ4v) is 4.78. The molecule has 0 saturated carbocycles. The van der Waals surface area contributed by atoms with Crippen molar-refractivity contribution in [3.8, 4) is 0 Å². The van der Waals surface area contributed by atoms with Gasteiger partial charge in [0, 0.05) is 0 Å². The summed E-state index contributed by atoms with van der Waals surface area (Å²) in [6.07, 6.45) is 3.42. The predicted octanol–water partition coefficient (Wildman–Crippen LogP) is 5.25. The van der Waals surface area contributed by atoms with Crippen LogP contribution in [0.4, 0.5) is 0 Å². The molecule has 0 aliphatic carbocycles. The molecular formula is C35H40N2O5. The van der Waals surface area contributed by atoms with Crippen LogP contribution in [0, 0.1) is 11.8 Å². The van der Waals surface area contributed by atoms with Crippen LogP contribution >= 0.6 is 0 Å². The smallest absolute Gasteiger partial charge is 0.310 e. The molecule has 0 bridgehead atoms. The predicted molar refractivity (Wildman–Crippen MR) is 164 cm³/mol. The molecule has 3 N–H and O–H groups in total. The summed E-state index contributed by atoms with van der Waals surface area (Å²) in [5.41, 5.74) is 2.44. The molecule has 7 heteroatoms. The molecule has 0 saturated heterocycles. The second-order valence-electron chi connectivity index (χ2n) is 10.2. The number of allylic oxidation sites excluding steroid dienone is 2. The number of hydrogen-bond acceptors (Lipinski definition) is 5. The van der Waals surface area contributed by atoms with E-state index in [-0.39, 0.29) is 13.0 Å². The average molecular weight is 569 g/mol. The van der Waals surface area contributed by atoms with E-state index in [4.69, 9.17) is 4.74 Å². The van der Waals surface area contributed by atoms with Crippen LogP contribution < -0.4 is 10.6 Å². The normalized spacial score (nSPS) is 14.3. The number of aliphatic hydroxyl groups is 1. The Bertz CT molecular complexity index is 1300. The minimum Gasteiger partial charge on any atom is -0.455 e. The number of carbonyl (C=O) groups excluding carboxylic acids is 3. The molecule has 0 aliphatic rings. The van der Waals surface area contributed by atoms with Gasteiger partial charge >= 0.3 is 5.97 Å². The monoisotopic (exact) mass is 568 g/mol. The molecule has 220 valence electrons. The molecule has 0 fully saturated rings. The Labute approximate surface area is 248 Å². The van der Waals surface area contributed by atoms with Gasteiger partial charge in [0.15, 0.2) is 0 Å². The number of ether oxygens (including phenoxy) is 1. The van der Waals surface area contributed by atoms with Gasteiger partial charge in [0.25, 0.3) is 0 Å². The zero-order valence-corrected chi connectivity index (χ0v) is 24.0. The van der Waals surface area contributed by atoms with Crippen molar-refractivity contribution in [1.82, 2.24) is 10.6 Å². The Hall–Kier alpha value is -4.49. The van der Waals surface area contributed by atoms with Gasteiger partial charge in [-0.3, -0.25) is 14.4 Å². The van der Waals surface area contributed by atoms with Crippen molar-refractivity contribution in [1.29, 1.82) is 0 Å². The minimum absolute atomic E-state index is 0.0889. The van der Waals surface area contributed by atoms with E-state index < -0.39 is 47.8 Å². The van der Waals surface area contributed by atoms with Crippen LogP contribution in [0.5, 0.6) is 0 Å². The standard InChI is InChI=1S/C35H40N2O5/c1-4-15-29(23-26-17-9-6-10-18-26)35(41)42-32(28-21-13-8-14-22-28)25(3)36-33(39)30(16-5-2)34(40)37-31(24-38)27-19-11-7-12-20-27/h4-14,17-22,25,29-32,38H,1-2,15-16,23-24H2,3H3,(H,36,39)(H,37,40)/t25-,29-,30?,31+,32-/m1/s1. The van der Waals surface area contributed by atoms with Crippen molar-refractivity contribution < 1.29 is 24.2 Å². The molecule has 3 rings (SSSR count). The maximum Gasteiger partial charge on any atom is 0.310 e. The van der Waals surface area contributed by atoms with Crippen LogP contribution in [0.2, 0.25) is 0 Å². The summed E-state index contributed by atoms with van der Waals surface area (Å²) < 4.78 is 6.07. The number of amides is 2.